The Kier molecular flexibility index (Phi) is 5.46. The van der Waals surface area contributed by atoms with E-state index in [9.17, 15) is 9.59 Å². The summed E-state index contributed by atoms with van der Waals surface area (Å²) in [4.78, 5) is 26.3. The summed E-state index contributed by atoms with van der Waals surface area (Å²) in [6, 6.07) is 14.6. The van der Waals surface area contributed by atoms with Crippen molar-refractivity contribution in [2.75, 3.05) is 23.4 Å². The van der Waals surface area contributed by atoms with Crippen molar-refractivity contribution < 1.29 is 14.3 Å². The molecular weight excluding hydrogens is 404 g/mol. The van der Waals surface area contributed by atoms with Gasteiger partial charge in [-0.15, -0.1) is 0 Å². The first-order valence-electron chi connectivity index (χ1n) is 9.58. The van der Waals surface area contributed by atoms with Gasteiger partial charge in [-0.1, -0.05) is 23.7 Å². The average molecular weight is 425 g/mol. The zero-order valence-electron chi connectivity index (χ0n) is 16.7. The molecule has 0 spiro atoms. The number of halogens is 1. The van der Waals surface area contributed by atoms with E-state index in [2.05, 4.69) is 10.4 Å². The van der Waals surface area contributed by atoms with Gasteiger partial charge in [0.25, 0.3) is 0 Å². The number of nitrogens with zero attached hydrogens (tertiary/aromatic N) is 3. The molecule has 0 radical (unpaired) electrons. The number of aryl methyl sites for hydroxylation is 1. The van der Waals surface area contributed by atoms with Gasteiger partial charge in [0.2, 0.25) is 5.91 Å². The third kappa shape index (κ3) is 3.89. The average Bonchev–Trinajstić information content (AvgIpc) is 3.27. The molecule has 1 N–H and O–H groups in total. The molecule has 0 bridgehead atoms. The van der Waals surface area contributed by atoms with Gasteiger partial charge in [-0.2, -0.15) is 5.10 Å². The van der Waals surface area contributed by atoms with E-state index in [-0.39, 0.29) is 12.3 Å². The second-order valence-electron chi connectivity index (χ2n) is 7.05. The van der Waals surface area contributed by atoms with E-state index in [0.717, 1.165) is 22.6 Å². The summed E-state index contributed by atoms with van der Waals surface area (Å²) in [5.41, 5.74) is 4.61. The Bertz CT molecular complexity index is 1110. The van der Waals surface area contributed by atoms with Crippen LogP contribution in [0.2, 0.25) is 5.02 Å². The Morgan fingerprint density at radius 2 is 1.90 bits per heavy atom. The fourth-order valence-electron chi connectivity index (χ4n) is 3.55. The number of benzene rings is 2. The van der Waals surface area contributed by atoms with Crippen LogP contribution in [0.25, 0.3) is 5.69 Å². The molecule has 8 heteroatoms. The maximum Gasteiger partial charge on any atom is 0.414 e. The number of carbonyl (C=O) groups is 2. The lowest BCUT2D eigenvalue weighted by atomic mass is 10.1. The number of hydrogen-bond acceptors (Lipinski definition) is 4. The number of nitrogens with one attached hydrogen (secondary N) is 1. The number of amides is 2. The predicted octanol–water partition coefficient (Wildman–Crippen LogP) is 4.28. The van der Waals surface area contributed by atoms with Gasteiger partial charge in [0, 0.05) is 16.3 Å². The van der Waals surface area contributed by atoms with Gasteiger partial charge in [0.1, 0.15) is 6.61 Å². The first-order valence-corrected chi connectivity index (χ1v) is 9.96. The molecule has 30 heavy (non-hydrogen) atoms. The number of cyclic esters (lactones) is 1. The van der Waals surface area contributed by atoms with Crippen LogP contribution in [-0.2, 0) is 16.0 Å². The lowest BCUT2D eigenvalue weighted by Gasteiger charge is -2.17. The summed E-state index contributed by atoms with van der Waals surface area (Å²) in [5, 5.41) is 8.16. The van der Waals surface area contributed by atoms with E-state index in [4.69, 9.17) is 16.3 Å². The fraction of sp³-hybridized carbons (Fsp3) is 0.227. The van der Waals surface area contributed by atoms with Crippen LogP contribution in [-0.4, -0.2) is 34.9 Å². The van der Waals surface area contributed by atoms with Crippen LogP contribution in [0.15, 0.2) is 48.5 Å². The van der Waals surface area contributed by atoms with Crippen LogP contribution in [0, 0.1) is 13.8 Å². The van der Waals surface area contributed by atoms with Gasteiger partial charge < -0.3 is 10.1 Å². The van der Waals surface area contributed by atoms with Crippen molar-refractivity contribution in [1.82, 2.24) is 9.78 Å². The predicted molar refractivity (Wildman–Crippen MR) is 116 cm³/mol. The number of carbonyl (C=O) groups excluding carboxylic acids is 2. The number of hydrogen-bond donors (Lipinski definition) is 1. The Hall–Kier alpha value is -3.32. The molecule has 1 aliphatic rings. The molecule has 154 valence electrons. The van der Waals surface area contributed by atoms with Crippen LogP contribution >= 0.6 is 11.6 Å². The molecule has 2 aromatic carbocycles. The highest BCUT2D eigenvalue weighted by Gasteiger charge is 2.26. The molecular formula is C22H21ClN4O3. The van der Waals surface area contributed by atoms with E-state index < -0.39 is 6.09 Å². The van der Waals surface area contributed by atoms with Crippen molar-refractivity contribution >= 4 is 35.0 Å². The third-order valence-corrected chi connectivity index (χ3v) is 5.33. The van der Waals surface area contributed by atoms with Gasteiger partial charge in [0.15, 0.2) is 0 Å². The van der Waals surface area contributed by atoms with Gasteiger partial charge >= 0.3 is 6.09 Å². The molecule has 0 unspecified atom stereocenters. The Morgan fingerprint density at radius 3 is 2.60 bits per heavy atom. The molecule has 2 heterocycles. The molecule has 0 atom stereocenters. The molecule has 0 aliphatic carbocycles. The van der Waals surface area contributed by atoms with Gasteiger partial charge in [-0.25, -0.2) is 9.48 Å². The second-order valence-corrected chi connectivity index (χ2v) is 7.48. The van der Waals surface area contributed by atoms with E-state index in [1.165, 1.54) is 4.90 Å². The zero-order valence-corrected chi connectivity index (χ0v) is 17.4. The Labute approximate surface area is 179 Å². The standard InChI is InChI=1S/C22H21ClN4O3/c1-14-18(15(2)27(25-14)17-9-7-16(23)8-10-17)13-21(28)24-19-5-3-4-6-20(19)26-11-12-30-22(26)29/h3-10H,11-13H2,1-2H3,(H,24,28). The molecule has 3 aromatic rings. The topological polar surface area (TPSA) is 76.5 Å². The minimum atomic E-state index is -0.410. The SMILES string of the molecule is Cc1nn(-c2ccc(Cl)cc2)c(C)c1CC(=O)Nc1ccccc1N1CCOC1=O. The molecule has 2 amide bonds. The van der Waals surface area contributed by atoms with Gasteiger partial charge in [0.05, 0.1) is 35.7 Å². The molecule has 4 rings (SSSR count). The van der Waals surface area contributed by atoms with Crippen molar-refractivity contribution in [3.05, 3.63) is 70.5 Å². The van der Waals surface area contributed by atoms with E-state index in [1.54, 1.807) is 24.3 Å². The monoisotopic (exact) mass is 424 g/mol. The van der Waals surface area contributed by atoms with Crippen molar-refractivity contribution in [2.45, 2.75) is 20.3 Å². The zero-order chi connectivity index (χ0) is 21.3. The summed E-state index contributed by atoms with van der Waals surface area (Å²) in [6.45, 7) is 4.61. The first-order chi connectivity index (χ1) is 14.4. The van der Waals surface area contributed by atoms with E-state index >= 15 is 0 Å². The van der Waals surface area contributed by atoms with Crippen molar-refractivity contribution in [2.24, 2.45) is 0 Å². The van der Waals surface area contributed by atoms with E-state index in [1.807, 2.05) is 42.8 Å². The van der Waals surface area contributed by atoms with Gasteiger partial charge in [-0.05, 0) is 50.2 Å². The van der Waals surface area contributed by atoms with Crippen molar-refractivity contribution in [3.8, 4) is 5.69 Å². The van der Waals surface area contributed by atoms with Crippen LogP contribution in [0.1, 0.15) is 17.0 Å². The lowest BCUT2D eigenvalue weighted by molar-refractivity contribution is -0.115. The van der Waals surface area contributed by atoms with Crippen LogP contribution < -0.4 is 10.2 Å². The molecule has 1 aromatic heterocycles. The first kappa shape index (κ1) is 20.0. The minimum Gasteiger partial charge on any atom is -0.447 e. The Morgan fingerprint density at radius 1 is 1.17 bits per heavy atom. The van der Waals surface area contributed by atoms with Crippen LogP contribution in [0.5, 0.6) is 0 Å². The smallest absolute Gasteiger partial charge is 0.414 e. The van der Waals surface area contributed by atoms with Gasteiger partial charge in [-0.3, -0.25) is 9.69 Å². The number of rotatable bonds is 5. The highest BCUT2D eigenvalue weighted by molar-refractivity contribution is 6.30. The maximum absolute atomic E-state index is 12.8. The molecule has 1 fully saturated rings. The fourth-order valence-corrected chi connectivity index (χ4v) is 3.67. The third-order valence-electron chi connectivity index (χ3n) is 5.08. The van der Waals surface area contributed by atoms with E-state index in [0.29, 0.717) is 29.5 Å². The number of anilines is 2. The summed E-state index contributed by atoms with van der Waals surface area (Å²) in [5.74, 6) is -0.183. The molecule has 0 saturated carbocycles. The maximum atomic E-state index is 12.8. The van der Waals surface area contributed by atoms with Crippen LogP contribution in [0.4, 0.5) is 16.2 Å². The highest BCUT2D eigenvalue weighted by Crippen LogP contribution is 2.28. The molecule has 1 saturated heterocycles. The Balaban J connectivity index is 1.54. The summed E-state index contributed by atoms with van der Waals surface area (Å²) in [7, 11) is 0. The summed E-state index contributed by atoms with van der Waals surface area (Å²) in [6.07, 6.45) is -0.239. The van der Waals surface area contributed by atoms with Crippen molar-refractivity contribution in [3.63, 3.8) is 0 Å². The quantitative estimate of drug-likeness (QED) is 0.663. The molecule has 7 nitrogen and oxygen atoms in total. The number of aromatic nitrogens is 2. The summed E-state index contributed by atoms with van der Waals surface area (Å²) < 4.78 is 6.82. The number of ether oxygens (including phenoxy) is 1. The summed E-state index contributed by atoms with van der Waals surface area (Å²) >= 11 is 5.98. The number of para-hydroxylation sites is 2. The normalized spacial score (nSPS) is 13.4. The molecule has 1 aliphatic heterocycles. The second kappa shape index (κ2) is 8.20. The minimum absolute atomic E-state index is 0.171. The van der Waals surface area contributed by atoms with Crippen LogP contribution in [0.3, 0.4) is 0 Å². The van der Waals surface area contributed by atoms with Crippen molar-refractivity contribution in [1.29, 1.82) is 0 Å². The highest BCUT2D eigenvalue weighted by atomic mass is 35.5. The largest absolute Gasteiger partial charge is 0.447 e. The lowest BCUT2D eigenvalue weighted by Crippen LogP contribution is -2.25.